The number of nitrogens with zero attached hydrogens (tertiary/aromatic N) is 1. The highest BCUT2D eigenvalue weighted by molar-refractivity contribution is 7.11. The van der Waals surface area contributed by atoms with Crippen molar-refractivity contribution in [3.8, 4) is 0 Å². The molecular formula is C6H6N2O2S. The Labute approximate surface area is 67.1 Å². The normalized spacial score (nSPS) is 11.5. The van der Waals surface area contributed by atoms with Crippen LogP contribution in [0.5, 0.6) is 0 Å². The lowest BCUT2D eigenvalue weighted by molar-refractivity contribution is -0.401. The molecule has 0 bridgehead atoms. The minimum atomic E-state index is -0.560. The minimum Gasteiger partial charge on any atom is -0.393 e. The van der Waals surface area contributed by atoms with Crippen molar-refractivity contribution in [2.24, 2.45) is 5.73 Å². The van der Waals surface area contributed by atoms with E-state index in [1.807, 2.05) is 5.38 Å². The van der Waals surface area contributed by atoms with Gasteiger partial charge in [0.15, 0.2) is 0 Å². The summed E-state index contributed by atoms with van der Waals surface area (Å²) in [4.78, 5) is 10.1. The van der Waals surface area contributed by atoms with Crippen LogP contribution in [0.15, 0.2) is 23.7 Å². The van der Waals surface area contributed by atoms with Gasteiger partial charge in [0.25, 0.3) is 6.20 Å². The van der Waals surface area contributed by atoms with Gasteiger partial charge < -0.3 is 5.73 Å². The van der Waals surface area contributed by atoms with Gasteiger partial charge in [-0.15, -0.1) is 11.3 Å². The lowest BCUT2D eigenvalue weighted by atomic mass is 10.4. The van der Waals surface area contributed by atoms with Crippen molar-refractivity contribution in [2.45, 2.75) is 0 Å². The van der Waals surface area contributed by atoms with E-state index in [1.54, 1.807) is 12.1 Å². The van der Waals surface area contributed by atoms with E-state index in [0.29, 0.717) is 0 Å². The van der Waals surface area contributed by atoms with E-state index < -0.39 is 4.92 Å². The van der Waals surface area contributed by atoms with Crippen LogP contribution in [0.1, 0.15) is 4.88 Å². The summed E-state index contributed by atoms with van der Waals surface area (Å²) in [6.45, 7) is 0. The van der Waals surface area contributed by atoms with E-state index in [9.17, 15) is 10.1 Å². The van der Waals surface area contributed by atoms with Crippen LogP contribution in [0.2, 0.25) is 0 Å². The predicted octanol–water partition coefficient (Wildman–Crippen LogP) is 1.28. The lowest BCUT2D eigenvalue weighted by Crippen LogP contribution is -1.97. The van der Waals surface area contributed by atoms with Gasteiger partial charge in [0.1, 0.15) is 5.70 Å². The van der Waals surface area contributed by atoms with Gasteiger partial charge in [0.05, 0.1) is 9.80 Å². The molecule has 0 spiro atoms. The molecule has 0 aliphatic heterocycles. The number of rotatable bonds is 2. The molecule has 5 heteroatoms. The summed E-state index contributed by atoms with van der Waals surface area (Å²) >= 11 is 1.38. The van der Waals surface area contributed by atoms with E-state index in [1.165, 1.54) is 11.3 Å². The first kappa shape index (κ1) is 7.74. The molecule has 0 aromatic carbocycles. The minimum absolute atomic E-state index is 0.199. The SMILES string of the molecule is N/C(=C\[N+](=O)[O-])c1cccs1. The van der Waals surface area contributed by atoms with Crippen LogP contribution < -0.4 is 5.73 Å². The Morgan fingerprint density at radius 3 is 3.00 bits per heavy atom. The van der Waals surface area contributed by atoms with Gasteiger partial charge in [0.2, 0.25) is 0 Å². The van der Waals surface area contributed by atoms with Crippen LogP contribution >= 0.6 is 11.3 Å². The Morgan fingerprint density at radius 1 is 1.82 bits per heavy atom. The zero-order valence-electron chi connectivity index (χ0n) is 5.56. The molecule has 0 unspecified atom stereocenters. The van der Waals surface area contributed by atoms with Gasteiger partial charge in [-0.1, -0.05) is 6.07 Å². The van der Waals surface area contributed by atoms with Gasteiger partial charge in [-0.3, -0.25) is 10.1 Å². The zero-order valence-corrected chi connectivity index (χ0v) is 6.38. The number of nitrogens with two attached hydrogens (primary N) is 1. The summed E-state index contributed by atoms with van der Waals surface area (Å²) in [6, 6.07) is 3.53. The topological polar surface area (TPSA) is 69.2 Å². The van der Waals surface area contributed by atoms with Crippen LogP contribution in [0.3, 0.4) is 0 Å². The molecule has 58 valence electrons. The first-order valence-corrected chi connectivity index (χ1v) is 3.73. The van der Waals surface area contributed by atoms with Crippen molar-refractivity contribution in [1.82, 2.24) is 0 Å². The highest BCUT2D eigenvalue weighted by Crippen LogP contribution is 2.14. The van der Waals surface area contributed by atoms with Crippen LogP contribution in [0.4, 0.5) is 0 Å². The molecule has 11 heavy (non-hydrogen) atoms. The smallest absolute Gasteiger partial charge is 0.258 e. The average Bonchev–Trinajstić information content (AvgIpc) is 2.35. The maximum absolute atomic E-state index is 9.96. The highest BCUT2D eigenvalue weighted by atomic mass is 32.1. The van der Waals surface area contributed by atoms with Crippen LogP contribution in [0, 0.1) is 10.1 Å². The highest BCUT2D eigenvalue weighted by Gasteiger charge is 2.00. The maximum atomic E-state index is 9.96. The fourth-order valence-corrected chi connectivity index (χ4v) is 1.27. The third-order valence-corrected chi connectivity index (χ3v) is 1.97. The van der Waals surface area contributed by atoms with Gasteiger partial charge in [-0.05, 0) is 11.4 Å². The molecule has 1 heterocycles. The van der Waals surface area contributed by atoms with Gasteiger partial charge in [0, 0.05) is 0 Å². The number of thiophene rings is 1. The van der Waals surface area contributed by atoms with Crippen molar-refractivity contribution < 1.29 is 4.92 Å². The van der Waals surface area contributed by atoms with Crippen LogP contribution in [0.25, 0.3) is 5.70 Å². The van der Waals surface area contributed by atoms with E-state index in [2.05, 4.69) is 0 Å². The maximum Gasteiger partial charge on any atom is 0.258 e. The standard InChI is InChI=1S/C6H6N2O2S/c7-5(4-8(9)10)6-2-1-3-11-6/h1-4H,7H2/b5-4-. The molecule has 0 atom stereocenters. The molecule has 0 saturated heterocycles. The van der Waals surface area contributed by atoms with E-state index >= 15 is 0 Å². The van der Waals surface area contributed by atoms with Crippen LogP contribution in [-0.4, -0.2) is 4.92 Å². The van der Waals surface area contributed by atoms with Crippen molar-refractivity contribution >= 4 is 17.0 Å². The molecule has 0 fully saturated rings. The molecule has 1 rings (SSSR count). The Morgan fingerprint density at radius 2 is 2.55 bits per heavy atom. The third-order valence-electron chi connectivity index (χ3n) is 1.05. The second-order valence-electron chi connectivity index (χ2n) is 1.85. The molecule has 1 aromatic heterocycles. The first-order chi connectivity index (χ1) is 5.20. The average molecular weight is 170 g/mol. The molecule has 0 amide bonds. The Kier molecular flexibility index (Phi) is 2.22. The van der Waals surface area contributed by atoms with Crippen molar-refractivity contribution in [2.75, 3.05) is 0 Å². The second kappa shape index (κ2) is 3.16. The monoisotopic (exact) mass is 170 g/mol. The first-order valence-electron chi connectivity index (χ1n) is 2.85. The summed E-state index contributed by atoms with van der Waals surface area (Å²) in [7, 11) is 0. The molecular weight excluding hydrogens is 164 g/mol. The molecule has 2 N–H and O–H groups in total. The van der Waals surface area contributed by atoms with E-state index in [-0.39, 0.29) is 5.70 Å². The largest absolute Gasteiger partial charge is 0.393 e. The summed E-state index contributed by atoms with van der Waals surface area (Å²) in [6.07, 6.45) is 0.797. The summed E-state index contributed by atoms with van der Waals surface area (Å²) in [5.74, 6) is 0. The van der Waals surface area contributed by atoms with E-state index in [4.69, 9.17) is 5.73 Å². The number of nitro groups is 1. The van der Waals surface area contributed by atoms with Crippen molar-refractivity contribution in [3.63, 3.8) is 0 Å². The second-order valence-corrected chi connectivity index (χ2v) is 2.79. The molecule has 0 saturated carbocycles. The predicted molar refractivity (Wildman–Crippen MR) is 43.5 cm³/mol. The Bertz CT molecular complexity index is 279. The Hall–Kier alpha value is -1.36. The fourth-order valence-electron chi connectivity index (χ4n) is 0.620. The lowest BCUT2D eigenvalue weighted by Gasteiger charge is -1.89. The van der Waals surface area contributed by atoms with Crippen molar-refractivity contribution in [3.05, 3.63) is 38.7 Å². The summed E-state index contributed by atoms with van der Waals surface area (Å²) < 4.78 is 0. The van der Waals surface area contributed by atoms with Crippen LogP contribution in [-0.2, 0) is 0 Å². The van der Waals surface area contributed by atoms with Gasteiger partial charge in [-0.25, -0.2) is 0 Å². The van der Waals surface area contributed by atoms with Gasteiger partial charge in [-0.2, -0.15) is 0 Å². The zero-order chi connectivity index (χ0) is 8.27. The third kappa shape index (κ3) is 2.05. The quantitative estimate of drug-likeness (QED) is 0.537. The molecule has 0 aliphatic rings. The van der Waals surface area contributed by atoms with E-state index in [0.717, 1.165) is 11.1 Å². The van der Waals surface area contributed by atoms with Gasteiger partial charge >= 0.3 is 0 Å². The summed E-state index contributed by atoms with van der Waals surface area (Å²) in [5.41, 5.74) is 5.57. The number of hydrogen-bond acceptors (Lipinski definition) is 4. The van der Waals surface area contributed by atoms with Crippen molar-refractivity contribution in [1.29, 1.82) is 0 Å². The summed E-state index contributed by atoms with van der Waals surface area (Å²) in [5, 5.41) is 11.8. The molecule has 1 aromatic rings. The molecule has 0 aliphatic carbocycles. The molecule has 4 nitrogen and oxygen atoms in total. The fraction of sp³-hybridized carbons (Fsp3) is 0. The Balaban J connectivity index is 2.86. The number of hydrogen-bond donors (Lipinski definition) is 1. The molecule has 0 radical (unpaired) electrons.